The number of aryl methyl sites for hydroxylation is 1. The number of anilines is 1. The Balaban J connectivity index is 2.10. The Bertz CT molecular complexity index is 443. The van der Waals surface area contributed by atoms with Gasteiger partial charge in [-0.3, -0.25) is 0 Å². The average Bonchev–Trinajstić information content (AvgIpc) is 3.12. The monoisotopic (exact) mass is 295 g/mol. The summed E-state index contributed by atoms with van der Waals surface area (Å²) in [6, 6.07) is 1.24. The van der Waals surface area contributed by atoms with Crippen LogP contribution in [-0.4, -0.2) is 24.1 Å². The first kappa shape index (κ1) is 15.8. The molecule has 1 unspecified atom stereocenters. The highest BCUT2D eigenvalue weighted by Crippen LogP contribution is 2.32. The normalized spacial score (nSPS) is 17.3. The summed E-state index contributed by atoms with van der Waals surface area (Å²) in [6.07, 6.45) is 3.71. The van der Waals surface area contributed by atoms with Crippen LogP contribution in [0, 0.1) is 5.41 Å². The highest BCUT2D eigenvalue weighted by Gasteiger charge is 2.27. The quantitative estimate of drug-likeness (QED) is 0.864. The summed E-state index contributed by atoms with van der Waals surface area (Å²) in [5, 5.41) is 4.77. The second kappa shape index (κ2) is 6.02. The summed E-state index contributed by atoms with van der Waals surface area (Å²) >= 11 is 1.86. The lowest BCUT2D eigenvalue weighted by Gasteiger charge is -2.35. The van der Waals surface area contributed by atoms with E-state index in [-0.39, 0.29) is 5.41 Å². The Morgan fingerprint density at radius 2 is 2.05 bits per heavy atom. The molecule has 1 atom stereocenters. The molecule has 1 aliphatic rings. The van der Waals surface area contributed by atoms with Gasteiger partial charge in [-0.15, -0.1) is 11.3 Å². The van der Waals surface area contributed by atoms with E-state index in [1.54, 1.807) is 0 Å². The maximum atomic E-state index is 4.87. The second-order valence-electron chi connectivity index (χ2n) is 7.03. The summed E-state index contributed by atoms with van der Waals surface area (Å²) in [5.41, 5.74) is 1.53. The first-order chi connectivity index (χ1) is 9.32. The molecule has 1 N–H and O–H groups in total. The Hall–Kier alpha value is -0.610. The number of aromatic nitrogens is 1. The smallest absolute Gasteiger partial charge is 0.185 e. The Labute approximate surface area is 127 Å². The van der Waals surface area contributed by atoms with Crippen molar-refractivity contribution < 1.29 is 0 Å². The van der Waals surface area contributed by atoms with Gasteiger partial charge in [0.2, 0.25) is 0 Å². The lowest BCUT2D eigenvalue weighted by molar-refractivity contribution is 0.329. The van der Waals surface area contributed by atoms with Crippen molar-refractivity contribution >= 4 is 16.5 Å². The molecule has 1 aliphatic carbocycles. The summed E-state index contributed by atoms with van der Waals surface area (Å²) in [6.45, 7) is 12.3. The van der Waals surface area contributed by atoms with Crippen LogP contribution >= 0.6 is 11.3 Å². The van der Waals surface area contributed by atoms with Gasteiger partial charge in [-0.05, 0) is 31.6 Å². The van der Waals surface area contributed by atoms with Gasteiger partial charge in [0.05, 0.1) is 5.69 Å². The topological polar surface area (TPSA) is 28.2 Å². The predicted molar refractivity (Wildman–Crippen MR) is 88.7 cm³/mol. The SMILES string of the molecule is CCc1nc(N(C)C(C)C(C)(C)C)sc1CNC1CC1. The van der Waals surface area contributed by atoms with E-state index in [9.17, 15) is 0 Å². The lowest BCUT2D eigenvalue weighted by atomic mass is 9.87. The highest BCUT2D eigenvalue weighted by atomic mass is 32.1. The lowest BCUT2D eigenvalue weighted by Crippen LogP contribution is -2.39. The number of thiazole rings is 1. The van der Waals surface area contributed by atoms with Gasteiger partial charge in [-0.1, -0.05) is 27.7 Å². The van der Waals surface area contributed by atoms with Gasteiger partial charge in [-0.25, -0.2) is 4.98 Å². The van der Waals surface area contributed by atoms with Gasteiger partial charge in [-0.2, -0.15) is 0 Å². The molecule has 0 spiro atoms. The van der Waals surface area contributed by atoms with Crippen LogP contribution in [0.5, 0.6) is 0 Å². The van der Waals surface area contributed by atoms with Crippen molar-refractivity contribution in [2.45, 2.75) is 72.5 Å². The van der Waals surface area contributed by atoms with Crippen molar-refractivity contribution in [3.05, 3.63) is 10.6 Å². The van der Waals surface area contributed by atoms with Gasteiger partial charge < -0.3 is 10.2 Å². The van der Waals surface area contributed by atoms with E-state index >= 15 is 0 Å². The maximum Gasteiger partial charge on any atom is 0.185 e. The Kier molecular flexibility index (Phi) is 4.75. The van der Waals surface area contributed by atoms with E-state index < -0.39 is 0 Å². The molecule has 1 saturated carbocycles. The Morgan fingerprint density at radius 3 is 2.55 bits per heavy atom. The third kappa shape index (κ3) is 3.73. The largest absolute Gasteiger partial charge is 0.348 e. The number of hydrogen-bond acceptors (Lipinski definition) is 4. The van der Waals surface area contributed by atoms with Crippen molar-refractivity contribution in [2.75, 3.05) is 11.9 Å². The first-order valence-electron chi connectivity index (χ1n) is 7.77. The predicted octanol–water partition coefficient (Wildman–Crippen LogP) is 3.83. The molecule has 1 aromatic heterocycles. The summed E-state index contributed by atoms with van der Waals surface area (Å²) in [5.74, 6) is 0. The molecule has 20 heavy (non-hydrogen) atoms. The van der Waals surface area contributed by atoms with Crippen LogP contribution in [0.15, 0.2) is 0 Å². The molecule has 0 bridgehead atoms. The van der Waals surface area contributed by atoms with Crippen LogP contribution in [0.1, 0.15) is 58.0 Å². The summed E-state index contributed by atoms with van der Waals surface area (Å²) in [4.78, 5) is 8.62. The van der Waals surface area contributed by atoms with E-state index in [2.05, 4.69) is 51.9 Å². The van der Waals surface area contributed by atoms with Gasteiger partial charge in [0.15, 0.2) is 5.13 Å². The molecule has 4 heteroatoms. The van der Waals surface area contributed by atoms with Gasteiger partial charge in [0.25, 0.3) is 0 Å². The van der Waals surface area contributed by atoms with Crippen LogP contribution < -0.4 is 10.2 Å². The molecule has 1 fully saturated rings. The zero-order chi connectivity index (χ0) is 14.9. The number of rotatable bonds is 6. The minimum absolute atomic E-state index is 0.263. The van der Waals surface area contributed by atoms with E-state index in [1.165, 1.54) is 23.4 Å². The van der Waals surface area contributed by atoms with Crippen LogP contribution in [0.2, 0.25) is 0 Å². The van der Waals surface area contributed by atoms with Gasteiger partial charge in [0.1, 0.15) is 0 Å². The maximum absolute atomic E-state index is 4.87. The van der Waals surface area contributed by atoms with E-state index in [0.29, 0.717) is 6.04 Å². The summed E-state index contributed by atoms with van der Waals surface area (Å²) < 4.78 is 0. The van der Waals surface area contributed by atoms with Gasteiger partial charge in [0, 0.05) is 30.6 Å². The van der Waals surface area contributed by atoms with Crippen LogP contribution in [0.3, 0.4) is 0 Å². The number of nitrogens with one attached hydrogen (secondary N) is 1. The molecule has 0 aromatic carbocycles. The average molecular weight is 295 g/mol. The van der Waals surface area contributed by atoms with Gasteiger partial charge >= 0.3 is 0 Å². The van der Waals surface area contributed by atoms with Crippen LogP contribution in [-0.2, 0) is 13.0 Å². The van der Waals surface area contributed by atoms with Crippen molar-refractivity contribution in [1.29, 1.82) is 0 Å². The molecule has 0 aliphatic heterocycles. The third-order valence-corrected chi connectivity index (χ3v) is 5.55. The minimum atomic E-state index is 0.263. The fraction of sp³-hybridized carbons (Fsp3) is 0.812. The molecule has 3 nitrogen and oxygen atoms in total. The molecular formula is C16H29N3S. The Morgan fingerprint density at radius 1 is 1.40 bits per heavy atom. The fourth-order valence-corrected chi connectivity index (χ4v) is 3.35. The fourth-order valence-electron chi connectivity index (χ4n) is 2.21. The standard InChI is InChI=1S/C16H29N3S/c1-7-13-14(10-17-12-8-9-12)20-15(18-13)19(6)11(2)16(3,4)5/h11-12,17H,7-10H2,1-6H3. The molecule has 0 amide bonds. The van der Waals surface area contributed by atoms with Crippen LogP contribution in [0.4, 0.5) is 5.13 Å². The number of nitrogens with zero attached hydrogens (tertiary/aromatic N) is 2. The van der Waals surface area contributed by atoms with E-state index in [4.69, 9.17) is 4.98 Å². The van der Waals surface area contributed by atoms with Crippen molar-refractivity contribution in [3.8, 4) is 0 Å². The number of hydrogen-bond donors (Lipinski definition) is 1. The second-order valence-corrected chi connectivity index (χ2v) is 8.09. The van der Waals surface area contributed by atoms with E-state index in [0.717, 1.165) is 24.1 Å². The third-order valence-electron chi connectivity index (χ3n) is 4.37. The molecule has 1 heterocycles. The molecule has 1 aromatic rings. The highest BCUT2D eigenvalue weighted by molar-refractivity contribution is 7.15. The molecular weight excluding hydrogens is 266 g/mol. The molecule has 114 valence electrons. The molecule has 0 radical (unpaired) electrons. The minimum Gasteiger partial charge on any atom is -0.348 e. The van der Waals surface area contributed by atoms with Crippen molar-refractivity contribution in [3.63, 3.8) is 0 Å². The zero-order valence-electron chi connectivity index (χ0n) is 13.8. The van der Waals surface area contributed by atoms with Crippen molar-refractivity contribution in [1.82, 2.24) is 10.3 Å². The summed E-state index contributed by atoms with van der Waals surface area (Å²) in [7, 11) is 2.17. The molecule has 0 saturated heterocycles. The first-order valence-corrected chi connectivity index (χ1v) is 8.59. The van der Waals surface area contributed by atoms with Crippen LogP contribution in [0.25, 0.3) is 0 Å². The zero-order valence-corrected chi connectivity index (χ0v) is 14.6. The van der Waals surface area contributed by atoms with Crippen molar-refractivity contribution in [2.24, 2.45) is 5.41 Å². The van der Waals surface area contributed by atoms with E-state index in [1.807, 2.05) is 11.3 Å². The molecule has 2 rings (SSSR count).